The van der Waals surface area contributed by atoms with Crippen LogP contribution < -0.4 is 15.8 Å². The molecule has 0 aliphatic heterocycles. The number of hydrazine groups is 1. The summed E-state index contributed by atoms with van der Waals surface area (Å²) in [5.74, 6) is -0.513. The Bertz CT molecular complexity index is 593. The Morgan fingerprint density at radius 1 is 1.30 bits per heavy atom. The smallest absolute Gasteiger partial charge is 0.293 e. The second-order valence-corrected chi connectivity index (χ2v) is 5.73. The maximum Gasteiger partial charge on any atom is 0.293 e. The molecule has 0 saturated carbocycles. The molecule has 0 aliphatic carbocycles. The molecule has 7 heteroatoms. The van der Waals surface area contributed by atoms with Gasteiger partial charge in [0.25, 0.3) is 5.91 Å². The minimum atomic E-state index is -0.290. The van der Waals surface area contributed by atoms with Gasteiger partial charge in [0.2, 0.25) is 5.91 Å². The minimum absolute atomic E-state index is 0.223. The van der Waals surface area contributed by atoms with Crippen LogP contribution in [0, 0.1) is 0 Å². The topological polar surface area (TPSA) is 75.5 Å². The molecule has 0 saturated heterocycles. The first-order valence-electron chi connectivity index (χ1n) is 6.26. The van der Waals surface area contributed by atoms with E-state index in [4.69, 9.17) is 0 Å². The summed E-state index contributed by atoms with van der Waals surface area (Å²) in [5.41, 5.74) is 5.61. The lowest BCUT2D eigenvalue weighted by Crippen LogP contribution is -3.09. The van der Waals surface area contributed by atoms with Crippen molar-refractivity contribution in [3.8, 4) is 0 Å². The largest absolute Gasteiger partial charge is 0.324 e. The van der Waals surface area contributed by atoms with Crippen molar-refractivity contribution in [3.63, 3.8) is 0 Å². The van der Waals surface area contributed by atoms with Gasteiger partial charge in [0, 0.05) is 6.92 Å². The average Bonchev–Trinajstić information content (AvgIpc) is 2.78. The molecule has 0 aliphatic rings. The first kappa shape index (κ1) is 14.4. The Hall–Kier alpha value is -1.99. The summed E-state index contributed by atoms with van der Waals surface area (Å²) in [4.78, 5) is 27.8. The van der Waals surface area contributed by atoms with Crippen LogP contribution in [0.25, 0.3) is 10.2 Å². The van der Waals surface area contributed by atoms with E-state index in [-0.39, 0.29) is 18.4 Å². The van der Waals surface area contributed by atoms with Crippen LogP contribution in [0.4, 0.5) is 0 Å². The fourth-order valence-electron chi connectivity index (χ4n) is 1.79. The molecule has 2 amide bonds. The Kier molecular flexibility index (Phi) is 4.65. The normalized spacial score (nSPS) is 12.1. The van der Waals surface area contributed by atoms with Gasteiger partial charge in [-0.1, -0.05) is 12.1 Å². The van der Waals surface area contributed by atoms with Gasteiger partial charge in [-0.15, -0.1) is 11.3 Å². The zero-order valence-electron chi connectivity index (χ0n) is 11.4. The van der Waals surface area contributed by atoms with Gasteiger partial charge in [-0.05, 0) is 12.1 Å². The second-order valence-electron chi connectivity index (χ2n) is 4.62. The second kappa shape index (κ2) is 6.44. The highest BCUT2D eigenvalue weighted by Gasteiger charge is 2.13. The maximum atomic E-state index is 11.6. The Morgan fingerprint density at radius 3 is 2.75 bits per heavy atom. The number of likely N-dealkylation sites (N-methyl/N-ethyl adjacent to an activating group) is 1. The molecule has 2 aromatic rings. The van der Waals surface area contributed by atoms with Crippen LogP contribution in [-0.4, -0.2) is 30.4 Å². The summed E-state index contributed by atoms with van der Waals surface area (Å²) < 4.78 is 1.15. The van der Waals surface area contributed by atoms with Crippen molar-refractivity contribution in [2.75, 3.05) is 13.6 Å². The molecule has 0 bridgehead atoms. The van der Waals surface area contributed by atoms with Gasteiger partial charge < -0.3 is 4.90 Å². The third-order valence-electron chi connectivity index (χ3n) is 2.63. The van der Waals surface area contributed by atoms with E-state index in [1.165, 1.54) is 6.92 Å². The summed E-state index contributed by atoms with van der Waals surface area (Å²) in [7, 11) is 1.92. The number of rotatable bonds is 4. The number of amides is 2. The van der Waals surface area contributed by atoms with Gasteiger partial charge in [-0.3, -0.25) is 20.4 Å². The van der Waals surface area contributed by atoms with Gasteiger partial charge in [0.05, 0.1) is 17.3 Å². The van der Waals surface area contributed by atoms with Crippen molar-refractivity contribution >= 4 is 33.4 Å². The summed E-state index contributed by atoms with van der Waals surface area (Å²) in [5, 5.41) is 0.996. The van der Waals surface area contributed by atoms with Crippen LogP contribution in [0.1, 0.15) is 11.9 Å². The van der Waals surface area contributed by atoms with E-state index < -0.39 is 0 Å². The number of aromatic nitrogens is 1. The van der Waals surface area contributed by atoms with E-state index in [1.54, 1.807) is 11.3 Å². The predicted octanol–water partition coefficient (Wildman–Crippen LogP) is -0.522. The molecular weight excluding hydrogens is 276 g/mol. The van der Waals surface area contributed by atoms with E-state index >= 15 is 0 Å². The lowest BCUT2D eigenvalue weighted by Gasteiger charge is -2.12. The molecular formula is C13H17N4O2S+. The van der Waals surface area contributed by atoms with E-state index in [1.807, 2.05) is 31.3 Å². The third kappa shape index (κ3) is 4.01. The first-order valence-corrected chi connectivity index (χ1v) is 7.07. The maximum absolute atomic E-state index is 11.6. The molecule has 1 aromatic heterocycles. The van der Waals surface area contributed by atoms with Crippen molar-refractivity contribution in [2.24, 2.45) is 0 Å². The van der Waals surface area contributed by atoms with Gasteiger partial charge in [0.15, 0.2) is 6.54 Å². The summed E-state index contributed by atoms with van der Waals surface area (Å²) in [6.45, 7) is 2.29. The Labute approximate surface area is 120 Å². The fraction of sp³-hybridized carbons (Fsp3) is 0.308. The van der Waals surface area contributed by atoms with Gasteiger partial charge in [0.1, 0.15) is 11.6 Å². The molecule has 1 heterocycles. The van der Waals surface area contributed by atoms with Crippen LogP contribution in [0.3, 0.4) is 0 Å². The molecule has 106 valence electrons. The average molecular weight is 293 g/mol. The molecule has 20 heavy (non-hydrogen) atoms. The van der Waals surface area contributed by atoms with Gasteiger partial charge in [-0.25, -0.2) is 4.98 Å². The van der Waals surface area contributed by atoms with Crippen molar-refractivity contribution in [2.45, 2.75) is 13.5 Å². The van der Waals surface area contributed by atoms with Crippen LogP contribution in [0.15, 0.2) is 24.3 Å². The molecule has 0 spiro atoms. The quantitative estimate of drug-likeness (QED) is 0.664. The van der Waals surface area contributed by atoms with Crippen molar-refractivity contribution < 1.29 is 14.5 Å². The Morgan fingerprint density at radius 2 is 2.05 bits per heavy atom. The number of nitrogens with zero attached hydrogens (tertiary/aromatic N) is 1. The van der Waals surface area contributed by atoms with Crippen LogP contribution in [0.5, 0.6) is 0 Å². The number of benzene rings is 1. The Balaban J connectivity index is 1.89. The SMILES string of the molecule is CC(=O)NNC(=O)C[NH+](C)Cc1nc2ccccc2s1. The van der Waals surface area contributed by atoms with Crippen LogP contribution in [0.2, 0.25) is 0 Å². The number of thiazole rings is 1. The molecule has 0 fully saturated rings. The molecule has 0 radical (unpaired) electrons. The molecule has 2 rings (SSSR count). The number of nitrogens with one attached hydrogen (secondary N) is 3. The van der Waals surface area contributed by atoms with E-state index in [0.29, 0.717) is 6.54 Å². The van der Waals surface area contributed by atoms with Crippen molar-refractivity contribution in [1.82, 2.24) is 15.8 Å². The summed E-state index contributed by atoms with van der Waals surface area (Å²) in [6, 6.07) is 7.97. The number of fused-ring (bicyclic) bond motifs is 1. The summed E-state index contributed by atoms with van der Waals surface area (Å²) in [6.07, 6.45) is 0. The minimum Gasteiger partial charge on any atom is -0.324 e. The summed E-state index contributed by atoms with van der Waals surface area (Å²) >= 11 is 1.64. The zero-order valence-corrected chi connectivity index (χ0v) is 12.2. The van der Waals surface area contributed by atoms with Crippen molar-refractivity contribution in [1.29, 1.82) is 0 Å². The molecule has 3 N–H and O–H groups in total. The fourth-order valence-corrected chi connectivity index (χ4v) is 2.87. The molecule has 1 unspecified atom stereocenters. The highest BCUT2D eigenvalue weighted by atomic mass is 32.1. The number of para-hydroxylation sites is 1. The lowest BCUT2D eigenvalue weighted by molar-refractivity contribution is -0.885. The number of quaternary nitrogens is 1. The van der Waals surface area contributed by atoms with Crippen molar-refractivity contribution in [3.05, 3.63) is 29.3 Å². The number of hydrogen-bond acceptors (Lipinski definition) is 4. The number of hydrogen-bond donors (Lipinski definition) is 3. The highest BCUT2D eigenvalue weighted by molar-refractivity contribution is 7.18. The van der Waals surface area contributed by atoms with E-state index in [0.717, 1.165) is 20.1 Å². The predicted molar refractivity (Wildman–Crippen MR) is 77.0 cm³/mol. The zero-order chi connectivity index (χ0) is 14.5. The molecule has 1 atom stereocenters. The molecule has 6 nitrogen and oxygen atoms in total. The first-order chi connectivity index (χ1) is 9.54. The van der Waals surface area contributed by atoms with E-state index in [9.17, 15) is 9.59 Å². The standard InChI is InChI=1S/C13H16N4O2S/c1-9(18)15-16-12(19)7-17(2)8-13-14-10-5-3-4-6-11(10)20-13/h3-6H,7-8H2,1-2H3,(H,15,18)(H,16,19)/p+1. The highest BCUT2D eigenvalue weighted by Crippen LogP contribution is 2.20. The number of carbonyl (C=O) groups is 2. The lowest BCUT2D eigenvalue weighted by atomic mass is 10.3. The van der Waals surface area contributed by atoms with Crippen LogP contribution in [-0.2, 0) is 16.1 Å². The third-order valence-corrected chi connectivity index (χ3v) is 3.67. The van der Waals surface area contributed by atoms with Gasteiger partial charge in [-0.2, -0.15) is 0 Å². The van der Waals surface area contributed by atoms with Gasteiger partial charge >= 0.3 is 0 Å². The molecule has 1 aromatic carbocycles. The van der Waals surface area contributed by atoms with E-state index in [2.05, 4.69) is 15.8 Å². The monoisotopic (exact) mass is 293 g/mol. The van der Waals surface area contributed by atoms with Crippen LogP contribution >= 0.6 is 11.3 Å². The number of carbonyl (C=O) groups excluding carboxylic acids is 2.